The number of aromatic hydroxyl groups is 2. The molecule has 1 aliphatic rings. The highest BCUT2D eigenvalue weighted by Crippen LogP contribution is 2.50. The van der Waals surface area contributed by atoms with Crippen LogP contribution in [0.4, 0.5) is 5.69 Å². The number of hydrogen-bond acceptors (Lipinski definition) is 4. The molecule has 2 radical (unpaired) electrons. The number of hydrogen-bond donors (Lipinski definition) is 4. The second-order valence-electron chi connectivity index (χ2n) is 9.90. The third kappa shape index (κ3) is 3.97. The maximum atomic E-state index is 13.2. The lowest BCUT2D eigenvalue weighted by Crippen LogP contribution is -2.27. The van der Waals surface area contributed by atoms with Gasteiger partial charge in [0.05, 0.1) is 13.3 Å². The minimum atomic E-state index is -0.670. The third-order valence-electron chi connectivity index (χ3n) is 6.36. The first-order valence-corrected chi connectivity index (χ1v) is 11.0. The van der Waals surface area contributed by atoms with Crippen LogP contribution in [0.1, 0.15) is 44.9 Å². The van der Waals surface area contributed by atoms with E-state index in [1.165, 1.54) is 12.1 Å². The lowest BCUT2D eigenvalue weighted by atomic mass is 9.86. The van der Waals surface area contributed by atoms with Crippen LogP contribution in [0.25, 0.3) is 10.9 Å². The summed E-state index contributed by atoms with van der Waals surface area (Å²) < 4.78 is 2.22. The molecule has 0 saturated heterocycles. The van der Waals surface area contributed by atoms with Crippen LogP contribution in [0.5, 0.6) is 11.5 Å². The van der Waals surface area contributed by atoms with Crippen LogP contribution < -0.4 is 11.1 Å². The maximum Gasteiger partial charge on any atom is 0.235 e. The second kappa shape index (κ2) is 7.89. The van der Waals surface area contributed by atoms with E-state index in [0.29, 0.717) is 31.5 Å². The summed E-state index contributed by atoms with van der Waals surface area (Å²) in [7, 11) is 6.16. The van der Waals surface area contributed by atoms with Crippen molar-refractivity contribution < 1.29 is 15.0 Å². The average molecular weight is 431 g/mol. The SMILES string of the molecule is [B]C(CN)Cn1c(C(C)(C)C)cc2cc(NC(=O)C3(c4ccc(O)c(O)c4)CC3)ccc21. The first-order chi connectivity index (χ1) is 15.0. The molecule has 1 aliphatic carbocycles. The Morgan fingerprint density at radius 3 is 2.47 bits per heavy atom. The van der Waals surface area contributed by atoms with E-state index in [1.807, 2.05) is 18.2 Å². The maximum absolute atomic E-state index is 13.2. The van der Waals surface area contributed by atoms with Crippen molar-refractivity contribution in [2.45, 2.75) is 56.8 Å². The van der Waals surface area contributed by atoms with Gasteiger partial charge in [0.1, 0.15) is 0 Å². The van der Waals surface area contributed by atoms with Crippen LogP contribution >= 0.6 is 0 Å². The Morgan fingerprint density at radius 1 is 1.16 bits per heavy atom. The van der Waals surface area contributed by atoms with Crippen LogP contribution in [0.3, 0.4) is 0 Å². The van der Waals surface area contributed by atoms with Crippen molar-refractivity contribution in [3.05, 3.63) is 53.7 Å². The van der Waals surface area contributed by atoms with Gasteiger partial charge in [0, 0.05) is 34.2 Å². The van der Waals surface area contributed by atoms with Gasteiger partial charge < -0.3 is 25.8 Å². The largest absolute Gasteiger partial charge is 0.504 e. The summed E-state index contributed by atoms with van der Waals surface area (Å²) in [6.07, 6.45) is 1.40. The number of nitrogens with zero attached hydrogens (tertiary/aromatic N) is 1. The Kier molecular flexibility index (Phi) is 5.49. The molecule has 5 N–H and O–H groups in total. The lowest BCUT2D eigenvalue weighted by Gasteiger charge is -2.24. The monoisotopic (exact) mass is 431 g/mol. The van der Waals surface area contributed by atoms with Crippen molar-refractivity contribution >= 4 is 30.3 Å². The summed E-state index contributed by atoms with van der Waals surface area (Å²) in [5, 5.41) is 23.5. The van der Waals surface area contributed by atoms with Crippen molar-refractivity contribution in [1.82, 2.24) is 4.57 Å². The molecule has 1 heterocycles. The number of anilines is 1. The van der Waals surface area contributed by atoms with Gasteiger partial charge in [-0.15, -0.1) is 0 Å². The van der Waals surface area contributed by atoms with Gasteiger partial charge in [0.25, 0.3) is 0 Å². The number of phenols is 2. The van der Waals surface area contributed by atoms with Crippen molar-refractivity contribution in [3.8, 4) is 11.5 Å². The molecule has 1 saturated carbocycles. The molecule has 1 fully saturated rings. The molecule has 32 heavy (non-hydrogen) atoms. The van der Waals surface area contributed by atoms with E-state index < -0.39 is 5.41 Å². The minimum absolute atomic E-state index is 0.0737. The van der Waals surface area contributed by atoms with E-state index >= 15 is 0 Å². The number of aromatic nitrogens is 1. The highest BCUT2D eigenvalue weighted by molar-refractivity contribution is 6.11. The molecule has 0 aliphatic heterocycles. The summed E-state index contributed by atoms with van der Waals surface area (Å²) in [5.41, 5.74) is 8.68. The summed E-state index contributed by atoms with van der Waals surface area (Å²) >= 11 is 0. The van der Waals surface area contributed by atoms with Crippen molar-refractivity contribution in [3.63, 3.8) is 0 Å². The van der Waals surface area contributed by atoms with E-state index in [-0.39, 0.29) is 28.6 Å². The first-order valence-electron chi connectivity index (χ1n) is 11.0. The van der Waals surface area contributed by atoms with Crippen molar-refractivity contribution in [2.24, 2.45) is 5.73 Å². The molecule has 7 heteroatoms. The second-order valence-corrected chi connectivity index (χ2v) is 9.90. The molecule has 2 aromatic carbocycles. The Balaban J connectivity index is 1.64. The fraction of sp³-hybridized carbons (Fsp3) is 0.400. The summed E-state index contributed by atoms with van der Waals surface area (Å²) in [5.74, 6) is -0.649. The van der Waals surface area contributed by atoms with Gasteiger partial charge in [-0.25, -0.2) is 0 Å². The van der Waals surface area contributed by atoms with Gasteiger partial charge in [-0.05, 0) is 67.2 Å². The number of benzene rings is 2. The number of carbonyl (C=O) groups is 1. The zero-order valence-electron chi connectivity index (χ0n) is 18.9. The van der Waals surface area contributed by atoms with Gasteiger partial charge >= 0.3 is 0 Å². The molecule has 1 atom stereocenters. The minimum Gasteiger partial charge on any atom is -0.504 e. The molecular weight excluding hydrogens is 401 g/mol. The number of amides is 1. The molecule has 0 spiro atoms. The van der Waals surface area contributed by atoms with E-state index in [2.05, 4.69) is 36.7 Å². The van der Waals surface area contributed by atoms with Crippen LogP contribution in [0.2, 0.25) is 5.82 Å². The number of nitrogens with two attached hydrogens (primary N) is 1. The van der Waals surface area contributed by atoms with Gasteiger partial charge in [-0.1, -0.05) is 26.8 Å². The van der Waals surface area contributed by atoms with E-state index in [0.717, 1.165) is 22.3 Å². The van der Waals surface area contributed by atoms with Crippen LogP contribution in [-0.4, -0.2) is 35.1 Å². The Hall–Kier alpha value is -2.93. The Morgan fingerprint density at radius 2 is 1.88 bits per heavy atom. The van der Waals surface area contributed by atoms with E-state index in [1.54, 1.807) is 6.07 Å². The fourth-order valence-electron chi connectivity index (χ4n) is 4.32. The number of phenolic OH excluding ortho intramolecular Hbond substituents is 2. The molecular formula is C25H30BN3O3. The number of fused-ring (bicyclic) bond motifs is 1. The van der Waals surface area contributed by atoms with Crippen LogP contribution in [-0.2, 0) is 22.2 Å². The molecule has 4 rings (SSSR count). The van der Waals surface area contributed by atoms with Crippen molar-refractivity contribution in [2.75, 3.05) is 11.9 Å². The topological polar surface area (TPSA) is 101 Å². The smallest absolute Gasteiger partial charge is 0.235 e. The number of nitrogens with one attached hydrogen (secondary N) is 1. The molecule has 1 unspecified atom stereocenters. The quantitative estimate of drug-likeness (QED) is 0.351. The summed E-state index contributed by atoms with van der Waals surface area (Å²) in [6, 6.07) is 12.6. The number of rotatable bonds is 6. The Labute approximate surface area is 189 Å². The van der Waals surface area contributed by atoms with Gasteiger partial charge in [0.15, 0.2) is 11.5 Å². The standard InChI is InChI=1S/C25H30BN3O3/c1-24(2,3)22-11-15-10-18(5-6-19(15)29(22)14-17(26)13-27)28-23(32)25(8-9-25)16-4-7-20(30)21(31)12-16/h4-7,10-12,17,30-31H,8-9,13-14,27H2,1-3H3,(H,28,32). The fourth-order valence-corrected chi connectivity index (χ4v) is 4.32. The van der Waals surface area contributed by atoms with Crippen LogP contribution in [0, 0.1) is 0 Å². The summed E-state index contributed by atoms with van der Waals surface area (Å²) in [4.78, 5) is 13.2. The first kappa shape index (κ1) is 22.3. The Bertz CT molecular complexity index is 1180. The predicted molar refractivity (Wildman–Crippen MR) is 129 cm³/mol. The molecule has 3 aromatic rings. The van der Waals surface area contributed by atoms with Gasteiger partial charge in [-0.3, -0.25) is 4.79 Å². The lowest BCUT2D eigenvalue weighted by molar-refractivity contribution is -0.118. The van der Waals surface area contributed by atoms with E-state index in [9.17, 15) is 15.0 Å². The highest BCUT2D eigenvalue weighted by Gasteiger charge is 2.51. The average Bonchev–Trinajstić information content (AvgIpc) is 3.47. The summed E-state index contributed by atoms with van der Waals surface area (Å²) in [6.45, 7) is 7.53. The zero-order chi connectivity index (χ0) is 23.3. The molecule has 0 bridgehead atoms. The van der Waals surface area contributed by atoms with E-state index in [4.69, 9.17) is 13.6 Å². The predicted octanol–water partition coefficient (Wildman–Crippen LogP) is 3.94. The third-order valence-corrected chi connectivity index (χ3v) is 6.36. The van der Waals surface area contributed by atoms with Gasteiger partial charge in [-0.2, -0.15) is 0 Å². The molecule has 1 aromatic heterocycles. The number of carbonyl (C=O) groups excluding carboxylic acids is 1. The highest BCUT2D eigenvalue weighted by atomic mass is 16.3. The molecule has 166 valence electrons. The van der Waals surface area contributed by atoms with Crippen LogP contribution in [0.15, 0.2) is 42.5 Å². The molecule has 1 amide bonds. The molecule has 6 nitrogen and oxygen atoms in total. The van der Waals surface area contributed by atoms with Gasteiger partial charge in [0.2, 0.25) is 5.91 Å². The van der Waals surface area contributed by atoms with Crippen molar-refractivity contribution in [1.29, 1.82) is 0 Å². The zero-order valence-corrected chi connectivity index (χ0v) is 18.9. The normalized spacial score (nSPS) is 16.1.